The highest BCUT2D eigenvalue weighted by atomic mass is 35.5. The molecule has 1 saturated heterocycles. The van der Waals surface area contributed by atoms with Gasteiger partial charge < -0.3 is 19.4 Å². The second-order valence-corrected chi connectivity index (χ2v) is 7.72. The lowest BCUT2D eigenvalue weighted by Gasteiger charge is -2.15. The molecule has 0 unspecified atom stereocenters. The Kier molecular flexibility index (Phi) is 8.18. The monoisotopic (exact) mass is 474 g/mol. The summed E-state index contributed by atoms with van der Waals surface area (Å²) in [5.41, 5.74) is 3.74. The normalized spacial score (nSPS) is 13.7. The minimum absolute atomic E-state index is 0. The van der Waals surface area contributed by atoms with E-state index < -0.39 is 0 Å². The van der Waals surface area contributed by atoms with Gasteiger partial charge in [-0.2, -0.15) is 0 Å². The van der Waals surface area contributed by atoms with Gasteiger partial charge in [-0.25, -0.2) is 0 Å². The number of fused-ring (bicyclic) bond motifs is 3. The molecular weight excluding hydrogens is 447 g/mol. The zero-order valence-electron chi connectivity index (χ0n) is 18.0. The van der Waals surface area contributed by atoms with E-state index >= 15 is 0 Å². The molecule has 1 aliphatic heterocycles. The maximum atomic E-state index is 6.11. The maximum absolute atomic E-state index is 6.11. The number of aromatic nitrogens is 3. The molecule has 5 rings (SSSR count). The number of aromatic amines is 1. The zero-order valence-corrected chi connectivity index (χ0v) is 19.7. The van der Waals surface area contributed by atoms with Crippen molar-refractivity contribution in [2.45, 2.75) is 19.3 Å². The van der Waals surface area contributed by atoms with Gasteiger partial charge in [0.05, 0.1) is 36.1 Å². The van der Waals surface area contributed by atoms with Gasteiger partial charge in [-0.3, -0.25) is 9.97 Å². The zero-order chi connectivity index (χ0) is 20.3. The molecule has 0 spiro atoms. The van der Waals surface area contributed by atoms with E-state index in [2.05, 4.69) is 19.9 Å². The van der Waals surface area contributed by atoms with Crippen molar-refractivity contribution in [3.05, 3.63) is 48.8 Å². The molecule has 1 aliphatic rings. The van der Waals surface area contributed by atoms with Crippen LogP contribution in [0.4, 0.5) is 0 Å². The van der Waals surface area contributed by atoms with Gasteiger partial charge >= 0.3 is 0 Å². The van der Waals surface area contributed by atoms with Gasteiger partial charge in [-0.15, -0.1) is 24.8 Å². The predicted molar refractivity (Wildman–Crippen MR) is 134 cm³/mol. The number of nitrogens with one attached hydrogen (secondary N) is 1. The number of hydrogen-bond donors (Lipinski definition) is 1. The molecule has 0 atom stereocenters. The van der Waals surface area contributed by atoms with Crippen LogP contribution in [0.25, 0.3) is 33.2 Å². The first-order chi connectivity index (χ1) is 14.8. The number of H-pyrrole nitrogens is 1. The summed E-state index contributed by atoms with van der Waals surface area (Å²) in [6.07, 6.45) is 7.26. The Morgan fingerprint density at radius 2 is 1.81 bits per heavy atom. The third-order valence-corrected chi connectivity index (χ3v) is 5.78. The van der Waals surface area contributed by atoms with Crippen molar-refractivity contribution in [2.24, 2.45) is 0 Å². The Morgan fingerprint density at radius 1 is 0.969 bits per heavy atom. The number of benzene rings is 1. The Morgan fingerprint density at radius 3 is 2.56 bits per heavy atom. The number of hydrogen-bond acceptors (Lipinski definition) is 5. The summed E-state index contributed by atoms with van der Waals surface area (Å²) in [5.74, 6) is 1.51. The van der Waals surface area contributed by atoms with E-state index in [1.165, 1.54) is 25.9 Å². The van der Waals surface area contributed by atoms with Gasteiger partial charge in [-0.1, -0.05) is 6.07 Å². The van der Waals surface area contributed by atoms with Crippen molar-refractivity contribution in [3.63, 3.8) is 0 Å². The molecule has 0 saturated carbocycles. The van der Waals surface area contributed by atoms with E-state index in [9.17, 15) is 0 Å². The van der Waals surface area contributed by atoms with Crippen LogP contribution in [0.1, 0.15) is 19.3 Å². The van der Waals surface area contributed by atoms with Crippen LogP contribution >= 0.6 is 24.8 Å². The predicted octanol–water partition coefficient (Wildman–Crippen LogP) is 5.50. The van der Waals surface area contributed by atoms with Crippen LogP contribution < -0.4 is 9.47 Å². The Hall–Kier alpha value is -2.54. The third kappa shape index (κ3) is 4.77. The maximum Gasteiger partial charge on any atom is 0.163 e. The first-order valence-corrected chi connectivity index (χ1v) is 10.6. The van der Waals surface area contributed by atoms with Crippen LogP contribution in [0, 0.1) is 0 Å². The Labute approximate surface area is 200 Å². The first-order valence-electron chi connectivity index (χ1n) is 10.6. The van der Waals surface area contributed by atoms with Crippen molar-refractivity contribution >= 4 is 46.6 Å². The van der Waals surface area contributed by atoms with E-state index in [1.54, 1.807) is 13.3 Å². The largest absolute Gasteiger partial charge is 0.493 e. The molecule has 0 radical (unpaired) electrons. The standard InChI is InChI=1S/C24H26N4O2.2ClH/c1-29-21-15-17-20(16-22(21)30-14-6-13-28-11-4-5-12-28)27-18-8-10-26-24(23(17)18)19-7-2-3-9-25-19;;/h2-3,7-10,15-16,27H,4-6,11-14H2,1H3;2*1H. The number of halogens is 2. The minimum atomic E-state index is 0. The Balaban J connectivity index is 0.00000144. The lowest BCUT2D eigenvalue weighted by molar-refractivity contribution is 0.254. The van der Waals surface area contributed by atoms with Crippen molar-refractivity contribution < 1.29 is 9.47 Å². The Bertz CT molecular complexity index is 1160. The summed E-state index contributed by atoms with van der Waals surface area (Å²) in [7, 11) is 1.69. The molecule has 6 nitrogen and oxygen atoms in total. The molecule has 8 heteroatoms. The van der Waals surface area contributed by atoms with Gasteiger partial charge in [0.1, 0.15) is 0 Å². The lowest BCUT2D eigenvalue weighted by Crippen LogP contribution is -2.21. The molecule has 0 bridgehead atoms. The summed E-state index contributed by atoms with van der Waals surface area (Å²) >= 11 is 0. The van der Waals surface area contributed by atoms with Crippen LogP contribution in [-0.2, 0) is 0 Å². The van der Waals surface area contributed by atoms with E-state index in [-0.39, 0.29) is 24.8 Å². The third-order valence-electron chi connectivity index (χ3n) is 5.78. The van der Waals surface area contributed by atoms with Crippen LogP contribution in [0.15, 0.2) is 48.8 Å². The summed E-state index contributed by atoms with van der Waals surface area (Å²) in [5, 5.41) is 2.10. The SMILES string of the molecule is COc1cc2c(cc1OCCCN1CCCC1)[nH]c1ccnc(-c3ccccn3)c12.Cl.Cl. The number of likely N-dealkylation sites (tertiary alicyclic amines) is 1. The van der Waals surface area contributed by atoms with Crippen molar-refractivity contribution in [3.8, 4) is 22.9 Å². The fourth-order valence-corrected chi connectivity index (χ4v) is 4.30. The molecule has 170 valence electrons. The van der Waals surface area contributed by atoms with E-state index in [1.807, 2.05) is 42.6 Å². The number of ether oxygens (including phenoxy) is 2. The number of rotatable bonds is 7. The van der Waals surface area contributed by atoms with E-state index in [4.69, 9.17) is 9.47 Å². The molecule has 3 aromatic heterocycles. The number of nitrogens with zero attached hydrogens (tertiary/aromatic N) is 3. The summed E-state index contributed by atoms with van der Waals surface area (Å²) in [6, 6.07) is 11.9. The van der Waals surface area contributed by atoms with Crippen molar-refractivity contribution in [1.82, 2.24) is 19.9 Å². The van der Waals surface area contributed by atoms with Crippen LogP contribution in [0.2, 0.25) is 0 Å². The quantitative estimate of drug-likeness (QED) is 0.358. The van der Waals surface area contributed by atoms with Gasteiger partial charge in [0.15, 0.2) is 11.5 Å². The highest BCUT2D eigenvalue weighted by Gasteiger charge is 2.16. The van der Waals surface area contributed by atoms with E-state index in [0.717, 1.165) is 57.7 Å². The highest BCUT2D eigenvalue weighted by Crippen LogP contribution is 2.38. The van der Waals surface area contributed by atoms with Gasteiger partial charge in [0.2, 0.25) is 0 Å². The number of pyridine rings is 2. The highest BCUT2D eigenvalue weighted by molar-refractivity contribution is 6.13. The topological polar surface area (TPSA) is 63.3 Å². The minimum Gasteiger partial charge on any atom is -0.493 e. The average molecular weight is 475 g/mol. The molecule has 1 N–H and O–H groups in total. The smallest absolute Gasteiger partial charge is 0.163 e. The average Bonchev–Trinajstić information content (AvgIpc) is 3.43. The van der Waals surface area contributed by atoms with Gasteiger partial charge in [0.25, 0.3) is 0 Å². The fraction of sp³-hybridized carbons (Fsp3) is 0.333. The molecule has 0 amide bonds. The molecule has 1 fully saturated rings. The second-order valence-electron chi connectivity index (χ2n) is 7.72. The molecule has 0 aliphatic carbocycles. The molecule has 32 heavy (non-hydrogen) atoms. The second kappa shape index (κ2) is 10.9. The summed E-state index contributed by atoms with van der Waals surface area (Å²) < 4.78 is 11.8. The lowest BCUT2D eigenvalue weighted by atomic mass is 10.1. The van der Waals surface area contributed by atoms with Crippen molar-refractivity contribution in [2.75, 3.05) is 33.4 Å². The summed E-state index contributed by atoms with van der Waals surface area (Å²) in [6.45, 7) is 4.21. The molecule has 4 aromatic rings. The van der Waals surface area contributed by atoms with Crippen molar-refractivity contribution in [1.29, 1.82) is 0 Å². The molecule has 4 heterocycles. The number of methoxy groups -OCH3 is 1. The fourth-order valence-electron chi connectivity index (χ4n) is 4.30. The van der Waals surface area contributed by atoms with Crippen LogP contribution in [0.3, 0.4) is 0 Å². The first kappa shape index (κ1) is 24.1. The van der Waals surface area contributed by atoms with Crippen LogP contribution in [-0.4, -0.2) is 53.2 Å². The molecule has 1 aromatic carbocycles. The summed E-state index contributed by atoms with van der Waals surface area (Å²) in [4.78, 5) is 15.1. The van der Waals surface area contributed by atoms with Gasteiger partial charge in [-0.05, 0) is 56.6 Å². The van der Waals surface area contributed by atoms with Crippen LogP contribution in [0.5, 0.6) is 11.5 Å². The van der Waals surface area contributed by atoms with E-state index in [0.29, 0.717) is 6.61 Å². The molecular formula is C24H28Cl2N4O2. The van der Waals surface area contributed by atoms with Gasteiger partial charge in [0, 0.05) is 35.8 Å².